The SMILES string of the molecule is O=C1/C(=C/c2ccc([N+](=O)[O-])cc2)CS(=O)C/C1=C\c1ccc([N+](=O)[O-])cc1. The van der Waals surface area contributed by atoms with E-state index in [-0.39, 0.29) is 28.7 Å². The third-order valence-electron chi connectivity index (χ3n) is 4.11. The molecule has 2 aromatic carbocycles. The Kier molecular flexibility index (Phi) is 5.55. The molecule has 0 radical (unpaired) electrons. The van der Waals surface area contributed by atoms with E-state index in [1.807, 2.05) is 0 Å². The Morgan fingerprint density at radius 2 is 1.11 bits per heavy atom. The topological polar surface area (TPSA) is 120 Å². The fourth-order valence-corrected chi connectivity index (χ4v) is 3.96. The van der Waals surface area contributed by atoms with Crippen LogP contribution in [0.4, 0.5) is 11.4 Å². The maximum atomic E-state index is 12.7. The summed E-state index contributed by atoms with van der Waals surface area (Å²) in [5, 5.41) is 21.4. The van der Waals surface area contributed by atoms with Crippen molar-refractivity contribution in [3.8, 4) is 0 Å². The maximum Gasteiger partial charge on any atom is 0.269 e. The first-order valence-electron chi connectivity index (χ1n) is 8.13. The zero-order valence-electron chi connectivity index (χ0n) is 14.4. The van der Waals surface area contributed by atoms with Gasteiger partial charge < -0.3 is 0 Å². The van der Waals surface area contributed by atoms with Crippen molar-refractivity contribution < 1.29 is 18.9 Å². The van der Waals surface area contributed by atoms with Gasteiger partial charge in [-0.15, -0.1) is 0 Å². The molecule has 2 aromatic rings. The molecule has 3 rings (SSSR count). The Hall–Kier alpha value is -3.46. The lowest BCUT2D eigenvalue weighted by atomic mass is 10.0. The fraction of sp³-hybridized carbons (Fsp3) is 0.105. The number of carbonyl (C=O) groups excluding carboxylic acids is 1. The molecule has 8 nitrogen and oxygen atoms in total. The van der Waals surface area contributed by atoms with Gasteiger partial charge in [0.15, 0.2) is 5.78 Å². The molecule has 1 heterocycles. The number of hydrogen-bond acceptors (Lipinski definition) is 6. The van der Waals surface area contributed by atoms with Crippen LogP contribution in [0.15, 0.2) is 59.7 Å². The van der Waals surface area contributed by atoms with E-state index in [1.54, 1.807) is 12.2 Å². The van der Waals surface area contributed by atoms with Crippen LogP contribution in [0.3, 0.4) is 0 Å². The predicted molar refractivity (Wildman–Crippen MR) is 105 cm³/mol. The van der Waals surface area contributed by atoms with E-state index >= 15 is 0 Å². The van der Waals surface area contributed by atoms with Crippen LogP contribution in [0.2, 0.25) is 0 Å². The van der Waals surface area contributed by atoms with E-state index in [0.717, 1.165) is 0 Å². The lowest BCUT2D eigenvalue weighted by Crippen LogP contribution is -2.24. The summed E-state index contributed by atoms with van der Waals surface area (Å²) >= 11 is 0. The van der Waals surface area contributed by atoms with Crippen LogP contribution < -0.4 is 0 Å². The van der Waals surface area contributed by atoms with E-state index < -0.39 is 20.6 Å². The summed E-state index contributed by atoms with van der Waals surface area (Å²) in [5.41, 5.74) is 1.79. The van der Waals surface area contributed by atoms with Gasteiger partial charge in [-0.25, -0.2) is 0 Å². The normalized spacial score (nSPS) is 19.7. The highest BCUT2D eigenvalue weighted by Crippen LogP contribution is 2.23. The number of Topliss-reactive ketones (excluding diaryl/α,β-unsaturated/α-hetero) is 1. The molecule has 1 fully saturated rings. The summed E-state index contributed by atoms with van der Waals surface area (Å²) in [6.45, 7) is 0. The number of non-ortho nitro benzene ring substituents is 2. The number of ketones is 1. The first kappa shape index (κ1) is 19.3. The number of nitrogens with zero attached hydrogens (tertiary/aromatic N) is 2. The molecule has 1 saturated heterocycles. The summed E-state index contributed by atoms with van der Waals surface area (Å²) in [7, 11) is -1.27. The number of hydrogen-bond donors (Lipinski definition) is 0. The molecule has 0 unspecified atom stereocenters. The monoisotopic (exact) mass is 398 g/mol. The number of nitro benzene ring substituents is 2. The molecule has 0 N–H and O–H groups in total. The fourth-order valence-electron chi connectivity index (χ4n) is 2.74. The lowest BCUT2D eigenvalue weighted by molar-refractivity contribution is -0.385. The molecule has 0 amide bonds. The summed E-state index contributed by atoms with van der Waals surface area (Å²) in [4.78, 5) is 33.2. The van der Waals surface area contributed by atoms with Gasteiger partial charge in [-0.1, -0.05) is 0 Å². The Morgan fingerprint density at radius 3 is 1.43 bits per heavy atom. The highest BCUT2D eigenvalue weighted by atomic mass is 32.2. The van der Waals surface area contributed by atoms with E-state index in [2.05, 4.69) is 0 Å². The second-order valence-corrected chi connectivity index (χ2v) is 7.55. The van der Waals surface area contributed by atoms with Crippen LogP contribution in [0, 0.1) is 20.2 Å². The molecule has 0 atom stereocenters. The zero-order chi connectivity index (χ0) is 20.3. The predicted octanol–water partition coefficient (Wildman–Crippen LogP) is 3.30. The largest absolute Gasteiger partial charge is 0.289 e. The Balaban J connectivity index is 1.88. The highest BCUT2D eigenvalue weighted by Gasteiger charge is 2.25. The van der Waals surface area contributed by atoms with Crippen molar-refractivity contribution in [3.63, 3.8) is 0 Å². The van der Waals surface area contributed by atoms with Crippen molar-refractivity contribution in [2.75, 3.05) is 11.5 Å². The maximum absolute atomic E-state index is 12.7. The smallest absolute Gasteiger partial charge is 0.269 e. The number of carbonyl (C=O) groups is 1. The minimum Gasteiger partial charge on any atom is -0.289 e. The van der Waals surface area contributed by atoms with Gasteiger partial charge in [-0.05, 0) is 47.5 Å². The molecule has 0 saturated carbocycles. The molecular weight excluding hydrogens is 384 g/mol. The first-order chi connectivity index (χ1) is 13.3. The summed E-state index contributed by atoms with van der Waals surface area (Å²) in [6.07, 6.45) is 3.15. The summed E-state index contributed by atoms with van der Waals surface area (Å²) < 4.78 is 12.2. The van der Waals surface area contributed by atoms with Crippen LogP contribution >= 0.6 is 0 Å². The third kappa shape index (κ3) is 4.44. The number of nitro groups is 2. The highest BCUT2D eigenvalue weighted by molar-refractivity contribution is 7.85. The Labute approximate surface area is 161 Å². The van der Waals surface area contributed by atoms with E-state index in [4.69, 9.17) is 0 Å². The van der Waals surface area contributed by atoms with Crippen molar-refractivity contribution in [2.24, 2.45) is 0 Å². The lowest BCUT2D eigenvalue weighted by Gasteiger charge is -2.16. The van der Waals surface area contributed by atoms with Crippen LogP contribution in [-0.4, -0.2) is 31.3 Å². The van der Waals surface area contributed by atoms with Gasteiger partial charge in [0.1, 0.15) is 0 Å². The van der Waals surface area contributed by atoms with Crippen molar-refractivity contribution in [2.45, 2.75) is 0 Å². The average Bonchev–Trinajstić information content (AvgIpc) is 2.66. The third-order valence-corrected chi connectivity index (χ3v) is 5.37. The van der Waals surface area contributed by atoms with E-state index in [1.165, 1.54) is 48.5 Å². The van der Waals surface area contributed by atoms with E-state index in [0.29, 0.717) is 22.3 Å². The number of benzene rings is 2. The average molecular weight is 398 g/mol. The first-order valence-corrected chi connectivity index (χ1v) is 9.62. The molecular formula is C19H14N2O6S. The van der Waals surface area contributed by atoms with Gasteiger partial charge in [-0.2, -0.15) is 0 Å². The van der Waals surface area contributed by atoms with Crippen molar-refractivity contribution in [1.29, 1.82) is 0 Å². The minimum atomic E-state index is -1.27. The van der Waals surface area contributed by atoms with Gasteiger partial charge in [0.2, 0.25) is 0 Å². The summed E-state index contributed by atoms with van der Waals surface area (Å²) in [5.74, 6) is -0.0442. The second-order valence-electron chi connectivity index (χ2n) is 6.09. The van der Waals surface area contributed by atoms with Gasteiger partial charge in [0.05, 0.1) is 21.4 Å². The van der Waals surface area contributed by atoms with Crippen molar-refractivity contribution in [1.82, 2.24) is 0 Å². The van der Waals surface area contributed by atoms with Gasteiger partial charge in [0.25, 0.3) is 11.4 Å². The Morgan fingerprint density at radius 1 is 0.750 bits per heavy atom. The minimum absolute atomic E-state index is 0.0561. The molecule has 0 spiro atoms. The van der Waals surface area contributed by atoms with Gasteiger partial charge in [0, 0.05) is 46.2 Å². The van der Waals surface area contributed by atoms with E-state index in [9.17, 15) is 29.2 Å². The molecule has 9 heteroatoms. The van der Waals surface area contributed by atoms with Crippen LogP contribution in [0.1, 0.15) is 11.1 Å². The Bertz CT molecular complexity index is 958. The standard InChI is InChI=1S/C19H14N2O6S/c22-19-15(9-13-1-5-17(6-2-13)20(23)24)11-28(27)12-16(19)10-14-3-7-18(8-4-14)21(25)26/h1-10H,11-12H2/b15-9+,16-10+. The molecule has 0 bridgehead atoms. The molecule has 0 aliphatic carbocycles. The second kappa shape index (κ2) is 8.05. The molecule has 142 valence electrons. The quantitative estimate of drug-likeness (QED) is 0.443. The molecule has 28 heavy (non-hydrogen) atoms. The zero-order valence-corrected chi connectivity index (χ0v) is 15.3. The summed E-state index contributed by atoms with van der Waals surface area (Å²) in [6, 6.07) is 11.4. The van der Waals surface area contributed by atoms with Gasteiger partial charge >= 0.3 is 0 Å². The van der Waals surface area contributed by atoms with Crippen molar-refractivity contribution >= 4 is 40.1 Å². The van der Waals surface area contributed by atoms with Gasteiger partial charge in [-0.3, -0.25) is 29.2 Å². The molecule has 0 aromatic heterocycles. The molecule has 1 aliphatic rings. The van der Waals surface area contributed by atoms with Crippen LogP contribution in [-0.2, 0) is 15.6 Å². The van der Waals surface area contributed by atoms with Crippen molar-refractivity contribution in [3.05, 3.63) is 91.0 Å². The molecule has 1 aliphatic heterocycles. The van der Waals surface area contributed by atoms with Crippen LogP contribution in [0.25, 0.3) is 12.2 Å². The number of rotatable bonds is 4. The van der Waals surface area contributed by atoms with Crippen LogP contribution in [0.5, 0.6) is 0 Å².